The van der Waals surface area contributed by atoms with Crippen molar-refractivity contribution in [1.82, 2.24) is 4.72 Å². The maximum absolute atomic E-state index is 12.5. The molecule has 0 aliphatic heterocycles. The lowest BCUT2D eigenvalue weighted by Crippen LogP contribution is -2.36. The summed E-state index contributed by atoms with van der Waals surface area (Å²) in [5, 5.41) is 1.67. The first-order valence-electron chi connectivity index (χ1n) is 6.64. The van der Waals surface area contributed by atoms with Crippen LogP contribution in [0.3, 0.4) is 0 Å². The molecule has 0 radical (unpaired) electrons. The van der Waals surface area contributed by atoms with Gasteiger partial charge in [-0.25, -0.2) is 17.9 Å². The number of carbonyl (C=O) groups is 1. The summed E-state index contributed by atoms with van der Waals surface area (Å²) in [6, 6.07) is -0.0291. The number of methoxy groups -OCH3 is 1. The first-order valence-corrected chi connectivity index (χ1v) is 9.00. The van der Waals surface area contributed by atoms with Gasteiger partial charge < -0.3 is 4.74 Å². The maximum Gasteiger partial charge on any atom is 0.349 e. The number of hydrogen-bond donors (Lipinski definition) is 1. The minimum Gasteiger partial charge on any atom is -0.465 e. The number of hydrogen-bond acceptors (Lipinski definition) is 5. The summed E-state index contributed by atoms with van der Waals surface area (Å²) in [7, 11) is -2.42. The van der Waals surface area contributed by atoms with Gasteiger partial charge >= 0.3 is 5.97 Å². The van der Waals surface area contributed by atoms with E-state index in [-0.39, 0.29) is 15.8 Å². The minimum absolute atomic E-state index is 0.0291. The van der Waals surface area contributed by atoms with E-state index in [0.717, 1.165) is 43.4 Å². The molecule has 7 heteroatoms. The second-order valence-electron chi connectivity index (χ2n) is 5.02. The molecule has 1 saturated carbocycles. The molecule has 1 aromatic rings. The lowest BCUT2D eigenvalue weighted by atomic mass is 9.96. The molecule has 5 nitrogen and oxygen atoms in total. The summed E-state index contributed by atoms with van der Waals surface area (Å²) in [4.78, 5) is 11.9. The van der Waals surface area contributed by atoms with Gasteiger partial charge in [0.15, 0.2) is 0 Å². The van der Waals surface area contributed by atoms with Crippen LogP contribution >= 0.6 is 11.3 Å². The maximum atomic E-state index is 12.5. The molecule has 1 aliphatic rings. The highest BCUT2D eigenvalue weighted by Gasteiger charge is 2.29. The molecule has 20 heavy (non-hydrogen) atoms. The van der Waals surface area contributed by atoms with Gasteiger partial charge in [0, 0.05) is 6.04 Å². The van der Waals surface area contributed by atoms with Crippen LogP contribution in [0, 0.1) is 6.92 Å². The van der Waals surface area contributed by atoms with Crippen molar-refractivity contribution in [2.24, 2.45) is 0 Å². The Morgan fingerprint density at radius 2 is 2.00 bits per heavy atom. The molecule has 1 fully saturated rings. The van der Waals surface area contributed by atoms with Crippen molar-refractivity contribution in [1.29, 1.82) is 0 Å². The number of aryl methyl sites for hydroxylation is 1. The second-order valence-corrected chi connectivity index (χ2v) is 7.56. The van der Waals surface area contributed by atoms with Crippen LogP contribution in [0.4, 0.5) is 0 Å². The number of carbonyl (C=O) groups excluding carboxylic acids is 1. The van der Waals surface area contributed by atoms with Crippen LogP contribution in [-0.2, 0) is 14.8 Å². The van der Waals surface area contributed by atoms with Gasteiger partial charge in [-0.15, -0.1) is 11.3 Å². The van der Waals surface area contributed by atoms with Crippen molar-refractivity contribution >= 4 is 27.3 Å². The van der Waals surface area contributed by atoms with Gasteiger partial charge in [-0.2, -0.15) is 0 Å². The van der Waals surface area contributed by atoms with E-state index >= 15 is 0 Å². The zero-order valence-electron chi connectivity index (χ0n) is 11.6. The third-order valence-corrected chi connectivity index (χ3v) is 6.40. The molecule has 0 aromatic carbocycles. The van der Waals surface area contributed by atoms with Gasteiger partial charge in [0.05, 0.1) is 7.11 Å². The monoisotopic (exact) mass is 317 g/mol. The standard InChI is InChI=1S/C13H19NO4S2/c1-9-8-19-11(13(15)18-2)12(9)20(16,17)14-10-6-4-3-5-7-10/h8,10,14H,3-7H2,1-2H3. The van der Waals surface area contributed by atoms with Gasteiger partial charge in [0.2, 0.25) is 10.0 Å². The summed E-state index contributed by atoms with van der Waals surface area (Å²) < 4.78 is 32.4. The van der Waals surface area contributed by atoms with Crippen LogP contribution in [0.2, 0.25) is 0 Å². The zero-order valence-corrected chi connectivity index (χ0v) is 13.3. The van der Waals surface area contributed by atoms with Gasteiger partial charge in [-0.05, 0) is 30.7 Å². The Labute approximate surface area is 123 Å². The molecule has 0 atom stereocenters. The fourth-order valence-corrected chi connectivity index (χ4v) is 5.51. The summed E-state index contributed by atoms with van der Waals surface area (Å²) in [6.45, 7) is 1.69. The van der Waals surface area contributed by atoms with Crippen molar-refractivity contribution in [2.45, 2.75) is 50.0 Å². The van der Waals surface area contributed by atoms with Crippen molar-refractivity contribution in [2.75, 3.05) is 7.11 Å². The number of esters is 1. The van der Waals surface area contributed by atoms with E-state index in [2.05, 4.69) is 9.46 Å². The van der Waals surface area contributed by atoms with Crippen LogP contribution in [0.25, 0.3) is 0 Å². The van der Waals surface area contributed by atoms with Gasteiger partial charge in [0.1, 0.15) is 9.77 Å². The second kappa shape index (κ2) is 6.24. The van der Waals surface area contributed by atoms with Gasteiger partial charge in [0.25, 0.3) is 0 Å². The van der Waals surface area contributed by atoms with Crippen LogP contribution in [0.5, 0.6) is 0 Å². The number of thiophene rings is 1. The minimum atomic E-state index is -3.67. The molecule has 0 unspecified atom stereocenters. The van der Waals surface area contributed by atoms with E-state index in [4.69, 9.17) is 0 Å². The van der Waals surface area contributed by atoms with Gasteiger partial charge in [-0.1, -0.05) is 19.3 Å². The lowest BCUT2D eigenvalue weighted by molar-refractivity contribution is 0.0602. The Bertz CT molecular complexity index is 586. The summed E-state index contributed by atoms with van der Waals surface area (Å²) >= 11 is 1.10. The highest BCUT2D eigenvalue weighted by molar-refractivity contribution is 7.89. The van der Waals surface area contributed by atoms with E-state index in [9.17, 15) is 13.2 Å². The molecule has 112 valence electrons. The van der Waals surface area contributed by atoms with Crippen molar-refractivity contribution < 1.29 is 17.9 Å². The third kappa shape index (κ3) is 3.21. The van der Waals surface area contributed by atoms with Gasteiger partial charge in [-0.3, -0.25) is 0 Å². The molecular weight excluding hydrogens is 298 g/mol. The fourth-order valence-electron chi connectivity index (χ4n) is 2.50. The molecule has 1 N–H and O–H groups in total. The SMILES string of the molecule is COC(=O)c1scc(C)c1S(=O)(=O)NC1CCCCC1. The molecule has 0 amide bonds. The molecule has 1 aromatic heterocycles. The molecule has 0 spiro atoms. The number of sulfonamides is 1. The van der Waals surface area contributed by atoms with E-state index < -0.39 is 16.0 Å². The highest BCUT2D eigenvalue weighted by atomic mass is 32.2. The average Bonchev–Trinajstić information content (AvgIpc) is 2.81. The Balaban J connectivity index is 2.29. The van der Waals surface area contributed by atoms with Crippen LogP contribution < -0.4 is 4.72 Å². The molecular formula is C13H19NO4S2. The average molecular weight is 317 g/mol. The Morgan fingerprint density at radius 1 is 1.35 bits per heavy atom. The molecule has 0 saturated heterocycles. The normalized spacial score (nSPS) is 17.1. The van der Waals surface area contributed by atoms with E-state index in [0.29, 0.717) is 5.56 Å². The quantitative estimate of drug-likeness (QED) is 0.866. The molecule has 0 bridgehead atoms. The Morgan fingerprint density at radius 3 is 2.60 bits per heavy atom. The topological polar surface area (TPSA) is 72.5 Å². The lowest BCUT2D eigenvalue weighted by Gasteiger charge is -2.22. The predicted octanol–water partition coefficient (Wildman–Crippen LogP) is 2.45. The fraction of sp³-hybridized carbons (Fsp3) is 0.615. The Hall–Kier alpha value is -0.920. The van der Waals surface area contributed by atoms with Crippen molar-refractivity contribution in [3.8, 4) is 0 Å². The zero-order chi connectivity index (χ0) is 14.8. The summed E-state index contributed by atoms with van der Waals surface area (Å²) in [6.07, 6.45) is 4.95. The first kappa shape index (κ1) is 15.5. The molecule has 1 heterocycles. The molecule has 1 aliphatic carbocycles. The van der Waals surface area contributed by atoms with Crippen molar-refractivity contribution in [3.63, 3.8) is 0 Å². The summed E-state index contributed by atoms with van der Waals surface area (Å²) in [5.41, 5.74) is 0.582. The molecule has 2 rings (SSSR count). The number of rotatable bonds is 4. The number of ether oxygens (including phenoxy) is 1. The smallest absolute Gasteiger partial charge is 0.349 e. The van der Waals surface area contributed by atoms with E-state index in [1.165, 1.54) is 7.11 Å². The van der Waals surface area contributed by atoms with E-state index in [1.54, 1.807) is 12.3 Å². The number of nitrogens with one attached hydrogen (secondary N) is 1. The highest BCUT2D eigenvalue weighted by Crippen LogP contribution is 2.28. The van der Waals surface area contributed by atoms with E-state index in [1.807, 2.05) is 0 Å². The summed E-state index contributed by atoms with van der Waals surface area (Å²) in [5.74, 6) is -0.605. The third-order valence-electron chi connectivity index (χ3n) is 3.48. The predicted molar refractivity (Wildman–Crippen MR) is 77.6 cm³/mol. The van der Waals surface area contributed by atoms with Crippen LogP contribution in [0.1, 0.15) is 47.3 Å². The Kier molecular flexibility index (Phi) is 4.82. The van der Waals surface area contributed by atoms with Crippen molar-refractivity contribution in [3.05, 3.63) is 15.8 Å². The first-order chi connectivity index (χ1) is 9.45. The largest absolute Gasteiger partial charge is 0.465 e. The van der Waals surface area contributed by atoms with Crippen LogP contribution in [-0.4, -0.2) is 27.5 Å². The van der Waals surface area contributed by atoms with Crippen LogP contribution in [0.15, 0.2) is 10.3 Å².